The molecule has 0 heterocycles. The van der Waals surface area contributed by atoms with Crippen LogP contribution < -0.4 is 0 Å². The van der Waals surface area contributed by atoms with Crippen LogP contribution in [0.3, 0.4) is 0 Å². The van der Waals surface area contributed by atoms with E-state index >= 15 is 0 Å². The van der Waals surface area contributed by atoms with Gasteiger partial charge in [-0.05, 0) is 36.8 Å². The van der Waals surface area contributed by atoms with Gasteiger partial charge in [0.05, 0.1) is 5.56 Å². The first-order chi connectivity index (χ1) is 13.2. The number of aliphatic carboxylic acids is 1. The van der Waals surface area contributed by atoms with Gasteiger partial charge in [-0.2, -0.15) is 13.2 Å². The summed E-state index contributed by atoms with van der Waals surface area (Å²) in [5.41, 5.74) is -0.692. The fourth-order valence-corrected chi connectivity index (χ4v) is 3.69. The molecule has 2 rings (SSSR count). The SMILES string of the molecule is O=C(O)CCCCCCC1C(=O)C(O)CC1/C=C/c1ccccc1C(F)(F)F. The lowest BCUT2D eigenvalue weighted by molar-refractivity contribution is -0.138. The third-order valence-electron chi connectivity index (χ3n) is 5.15. The molecule has 0 saturated heterocycles. The first-order valence-electron chi connectivity index (χ1n) is 9.48. The fourth-order valence-electron chi connectivity index (χ4n) is 3.69. The molecule has 0 aromatic heterocycles. The molecule has 0 aliphatic heterocycles. The van der Waals surface area contributed by atoms with Crippen molar-refractivity contribution in [3.05, 3.63) is 41.5 Å². The Morgan fingerprint density at radius 2 is 1.82 bits per heavy atom. The van der Waals surface area contributed by atoms with E-state index in [9.17, 15) is 27.9 Å². The minimum absolute atomic E-state index is 0.0382. The molecule has 1 aliphatic rings. The number of aliphatic hydroxyl groups excluding tert-OH is 1. The van der Waals surface area contributed by atoms with E-state index in [4.69, 9.17) is 5.11 Å². The van der Waals surface area contributed by atoms with Gasteiger partial charge in [-0.15, -0.1) is 0 Å². The summed E-state index contributed by atoms with van der Waals surface area (Å²) in [5.74, 6) is -1.81. The van der Waals surface area contributed by atoms with Crippen molar-refractivity contribution in [1.82, 2.24) is 0 Å². The van der Waals surface area contributed by atoms with Crippen LogP contribution in [0.4, 0.5) is 13.2 Å². The van der Waals surface area contributed by atoms with Crippen molar-refractivity contribution in [2.24, 2.45) is 11.8 Å². The molecule has 2 N–H and O–H groups in total. The lowest BCUT2D eigenvalue weighted by Gasteiger charge is -2.15. The number of benzene rings is 1. The molecule has 1 saturated carbocycles. The summed E-state index contributed by atoms with van der Waals surface area (Å²) in [4.78, 5) is 22.7. The second-order valence-electron chi connectivity index (χ2n) is 7.21. The Balaban J connectivity index is 1.98. The number of hydrogen-bond acceptors (Lipinski definition) is 3. The standard InChI is InChI=1S/C21H25F3O4/c22-21(23,24)17-9-6-5-7-14(17)11-12-15-13-18(25)20(28)16(15)8-3-1-2-4-10-19(26)27/h5-7,9,11-12,15-16,18,25H,1-4,8,10,13H2,(H,26,27)/b12-11+. The number of carbonyl (C=O) groups is 2. The van der Waals surface area contributed by atoms with Gasteiger partial charge in [0.15, 0.2) is 5.78 Å². The van der Waals surface area contributed by atoms with E-state index in [1.807, 2.05) is 0 Å². The number of ketones is 1. The van der Waals surface area contributed by atoms with Crippen LogP contribution in [0.1, 0.15) is 56.1 Å². The fraction of sp³-hybridized carbons (Fsp3) is 0.524. The van der Waals surface area contributed by atoms with Crippen LogP contribution >= 0.6 is 0 Å². The van der Waals surface area contributed by atoms with Crippen molar-refractivity contribution >= 4 is 17.8 Å². The lowest BCUT2D eigenvalue weighted by Crippen LogP contribution is -2.19. The largest absolute Gasteiger partial charge is 0.481 e. The van der Waals surface area contributed by atoms with Crippen LogP contribution in [0.5, 0.6) is 0 Å². The zero-order valence-electron chi connectivity index (χ0n) is 15.5. The Labute approximate surface area is 162 Å². The molecule has 28 heavy (non-hydrogen) atoms. The molecule has 3 atom stereocenters. The highest BCUT2D eigenvalue weighted by molar-refractivity contribution is 5.88. The molecule has 7 heteroatoms. The number of carboxylic acid groups (broad SMARTS) is 1. The zero-order valence-corrected chi connectivity index (χ0v) is 15.5. The molecule has 0 bridgehead atoms. The topological polar surface area (TPSA) is 74.6 Å². The summed E-state index contributed by atoms with van der Waals surface area (Å²) >= 11 is 0. The van der Waals surface area contributed by atoms with E-state index < -0.39 is 29.7 Å². The van der Waals surface area contributed by atoms with Crippen LogP contribution in [0, 0.1) is 11.8 Å². The molecule has 1 fully saturated rings. The molecule has 0 radical (unpaired) electrons. The van der Waals surface area contributed by atoms with Crippen molar-refractivity contribution in [2.75, 3.05) is 0 Å². The third-order valence-corrected chi connectivity index (χ3v) is 5.15. The van der Waals surface area contributed by atoms with Crippen molar-refractivity contribution < 1.29 is 33.0 Å². The number of aliphatic hydroxyl groups is 1. The smallest absolute Gasteiger partial charge is 0.416 e. The maximum atomic E-state index is 13.1. The van der Waals surface area contributed by atoms with Crippen molar-refractivity contribution in [1.29, 1.82) is 0 Å². The first kappa shape index (κ1) is 22.1. The summed E-state index contributed by atoms with van der Waals surface area (Å²) in [5, 5.41) is 18.5. The van der Waals surface area contributed by atoms with Crippen molar-refractivity contribution in [3.63, 3.8) is 0 Å². The second kappa shape index (κ2) is 9.87. The normalized spacial score (nSPS) is 22.9. The average molecular weight is 398 g/mol. The van der Waals surface area contributed by atoms with Gasteiger partial charge in [0.2, 0.25) is 0 Å². The minimum Gasteiger partial charge on any atom is -0.481 e. The van der Waals surface area contributed by atoms with Gasteiger partial charge in [-0.25, -0.2) is 0 Å². The summed E-state index contributed by atoms with van der Waals surface area (Å²) < 4.78 is 39.3. The molecular weight excluding hydrogens is 373 g/mol. The van der Waals surface area contributed by atoms with Crippen LogP contribution in [0.2, 0.25) is 0 Å². The van der Waals surface area contributed by atoms with E-state index in [2.05, 4.69) is 0 Å². The van der Waals surface area contributed by atoms with E-state index in [1.165, 1.54) is 24.3 Å². The Morgan fingerprint density at radius 3 is 2.50 bits per heavy atom. The number of alkyl halides is 3. The predicted molar refractivity (Wildman–Crippen MR) is 98.4 cm³/mol. The highest BCUT2D eigenvalue weighted by Gasteiger charge is 2.39. The second-order valence-corrected chi connectivity index (χ2v) is 7.21. The Morgan fingerprint density at radius 1 is 1.14 bits per heavy atom. The summed E-state index contributed by atoms with van der Waals surface area (Å²) in [6.45, 7) is 0. The molecule has 4 nitrogen and oxygen atoms in total. The van der Waals surface area contributed by atoms with E-state index in [-0.39, 0.29) is 30.1 Å². The van der Waals surface area contributed by atoms with Crippen molar-refractivity contribution in [2.45, 2.75) is 57.2 Å². The third kappa shape index (κ3) is 6.19. The van der Waals surface area contributed by atoms with Gasteiger partial charge in [-0.3, -0.25) is 9.59 Å². The van der Waals surface area contributed by atoms with Gasteiger partial charge in [0.1, 0.15) is 6.10 Å². The predicted octanol–water partition coefficient (Wildman–Crippen LogP) is 4.71. The zero-order chi connectivity index (χ0) is 20.7. The van der Waals surface area contributed by atoms with Crippen LogP contribution in [0.25, 0.3) is 6.08 Å². The number of Topliss-reactive ketones (excluding diaryl/α,β-unsaturated/α-hetero) is 1. The number of carboxylic acids is 1. The molecule has 1 aromatic carbocycles. The van der Waals surface area contributed by atoms with Gasteiger partial charge < -0.3 is 10.2 Å². The number of carbonyl (C=O) groups excluding carboxylic acids is 1. The summed E-state index contributed by atoms with van der Waals surface area (Å²) in [6.07, 6.45) is 1.14. The van der Waals surface area contributed by atoms with Crippen LogP contribution in [-0.2, 0) is 15.8 Å². The quantitative estimate of drug-likeness (QED) is 0.591. The Kier molecular flexibility index (Phi) is 7.80. The minimum atomic E-state index is -4.46. The number of unbranched alkanes of at least 4 members (excludes halogenated alkanes) is 3. The number of halogens is 3. The van der Waals surface area contributed by atoms with Crippen LogP contribution in [0.15, 0.2) is 30.3 Å². The van der Waals surface area contributed by atoms with E-state index in [0.29, 0.717) is 19.3 Å². The van der Waals surface area contributed by atoms with E-state index in [1.54, 1.807) is 6.08 Å². The maximum absolute atomic E-state index is 13.1. The molecular formula is C21H25F3O4. The maximum Gasteiger partial charge on any atom is 0.416 e. The van der Waals surface area contributed by atoms with Gasteiger partial charge in [0, 0.05) is 12.3 Å². The molecule has 0 amide bonds. The van der Waals surface area contributed by atoms with Crippen molar-refractivity contribution in [3.8, 4) is 0 Å². The summed E-state index contributed by atoms with van der Waals surface area (Å²) in [6, 6.07) is 5.25. The van der Waals surface area contributed by atoms with E-state index in [0.717, 1.165) is 18.9 Å². The Hall–Kier alpha value is -2.15. The molecule has 1 aromatic rings. The Bertz CT molecular complexity index is 712. The molecule has 1 aliphatic carbocycles. The lowest BCUT2D eigenvalue weighted by atomic mass is 9.89. The molecule has 154 valence electrons. The monoisotopic (exact) mass is 398 g/mol. The number of rotatable bonds is 9. The summed E-state index contributed by atoms with van der Waals surface area (Å²) in [7, 11) is 0. The highest BCUT2D eigenvalue weighted by atomic mass is 19.4. The van der Waals surface area contributed by atoms with Gasteiger partial charge in [0.25, 0.3) is 0 Å². The molecule has 3 unspecified atom stereocenters. The highest BCUT2D eigenvalue weighted by Crippen LogP contribution is 2.36. The van der Waals surface area contributed by atoms with Crippen LogP contribution in [-0.4, -0.2) is 28.1 Å². The number of hydrogen-bond donors (Lipinski definition) is 2. The van der Waals surface area contributed by atoms with Gasteiger partial charge >= 0.3 is 12.1 Å². The molecule has 0 spiro atoms. The number of allylic oxidation sites excluding steroid dienone is 1. The average Bonchev–Trinajstić information content (AvgIpc) is 2.89. The first-order valence-corrected chi connectivity index (χ1v) is 9.48. The van der Waals surface area contributed by atoms with Gasteiger partial charge in [-0.1, -0.05) is 49.6 Å².